The number of aromatic amines is 3. The van der Waals surface area contributed by atoms with Crippen LogP contribution in [0.1, 0.15) is 442 Å². The van der Waals surface area contributed by atoms with Crippen LogP contribution in [0.4, 0.5) is 0 Å². The molecule has 0 aliphatic heterocycles. The number of carboxylic acids is 6. The van der Waals surface area contributed by atoms with Gasteiger partial charge in [-0.1, -0.05) is 406 Å². The van der Waals surface area contributed by atoms with E-state index in [4.69, 9.17) is 15.3 Å². The number of carbonyl (C=O) groups excluding carboxylic acids is 6. The number of rotatable bonds is 72. The summed E-state index contributed by atoms with van der Waals surface area (Å²) in [5.74, 6) is -7.68. The van der Waals surface area contributed by atoms with Crippen molar-refractivity contribution >= 4 is 54.0 Å². The Labute approximate surface area is 692 Å². The summed E-state index contributed by atoms with van der Waals surface area (Å²) in [5, 5.41) is 88.0. The predicted octanol–water partition coefficient (Wildman–Crippen LogP) is 16.4. The van der Waals surface area contributed by atoms with Crippen LogP contribution < -0.4 is 30.6 Å². The van der Waals surface area contributed by atoms with Crippen LogP contribution in [0.2, 0.25) is 0 Å². The molecule has 0 aliphatic carbocycles. The summed E-state index contributed by atoms with van der Waals surface area (Å²) in [6, 6.07) is 0. The molecule has 6 N–H and O–H groups in total. The summed E-state index contributed by atoms with van der Waals surface area (Å²) < 4.78 is 0. The first-order valence-corrected chi connectivity index (χ1v) is 44.2. The number of nitrogens with zero attached hydrogens (tertiary/aromatic N) is 3. The fourth-order valence-electron chi connectivity index (χ4n) is 12.7. The normalized spacial score (nSPS) is 11.7. The molecule has 3 atom stereocenters. The monoisotopic (exact) mass is 1660 g/mol. The molecule has 642 valence electrons. The van der Waals surface area contributed by atoms with E-state index in [0.29, 0.717) is 36.3 Å². The van der Waals surface area contributed by atoms with Crippen molar-refractivity contribution in [2.75, 3.05) is 0 Å². The van der Waals surface area contributed by atoms with Gasteiger partial charge in [-0.25, -0.2) is 15.0 Å². The summed E-state index contributed by atoms with van der Waals surface area (Å²) >= 11 is 0. The number of H-pyrrole nitrogens is 3. The van der Waals surface area contributed by atoms with Gasteiger partial charge in [0, 0.05) is 18.6 Å². The molecule has 3 aromatic rings. The van der Waals surface area contributed by atoms with E-state index in [1.165, 1.54) is 365 Å². The second-order valence-corrected chi connectivity index (χ2v) is 30.0. The van der Waals surface area contributed by atoms with E-state index in [0.717, 1.165) is 76.0 Å². The number of aliphatic hydroxyl groups excluding tert-OH is 3. The van der Waals surface area contributed by atoms with Gasteiger partial charge in [-0.3, -0.25) is 0 Å². The minimum absolute atomic E-state index is 0. The van der Waals surface area contributed by atoms with E-state index >= 15 is 0 Å². The Morgan fingerprint density at radius 3 is 0.509 bits per heavy atom. The van der Waals surface area contributed by atoms with Gasteiger partial charge in [0.15, 0.2) is 0 Å². The van der Waals surface area contributed by atoms with Crippen LogP contribution >= 0.6 is 0 Å². The number of hydrogen-bond donors (Lipinski definition) is 6. The number of carbonyl (C=O) groups is 6. The number of unbranched alkanes of at least 4 members (excludes halogenated alkanes) is 57. The van der Waals surface area contributed by atoms with Gasteiger partial charge in [-0.15, -0.1) is 0 Å². The molecule has 0 saturated heterocycles. The largest absolute Gasteiger partial charge is 6.00 e. The smallest absolute Gasteiger partial charge is 0.547 e. The van der Waals surface area contributed by atoms with Crippen molar-refractivity contribution in [3.63, 3.8) is 0 Å². The van der Waals surface area contributed by atoms with Crippen molar-refractivity contribution < 1.29 is 95.8 Å². The van der Waals surface area contributed by atoms with Gasteiger partial charge in [-0.05, 0) is 55.7 Å². The average Bonchev–Trinajstić information content (AvgIpc) is 1.87. The maximum absolute atomic E-state index is 10.4. The molecule has 0 aromatic carbocycles. The Balaban J connectivity index is -0.000000654. The maximum atomic E-state index is 10.4. The zero-order valence-electron chi connectivity index (χ0n) is 70.2. The van der Waals surface area contributed by atoms with E-state index < -0.39 is 54.1 Å². The third-order valence-electron chi connectivity index (χ3n) is 19.5. The van der Waals surface area contributed by atoms with Gasteiger partial charge < -0.3 is 89.7 Å². The zero-order chi connectivity index (χ0) is 82.2. The second-order valence-electron chi connectivity index (χ2n) is 30.0. The van der Waals surface area contributed by atoms with Crippen LogP contribution in [0.3, 0.4) is 0 Å². The van der Waals surface area contributed by atoms with Gasteiger partial charge in [0.2, 0.25) is 0 Å². The van der Waals surface area contributed by atoms with Gasteiger partial charge in [-0.2, -0.15) is 0 Å². The van der Waals surface area contributed by atoms with Crippen LogP contribution in [0, 0.1) is 0 Å². The van der Waals surface area contributed by atoms with E-state index in [9.17, 15) is 59.4 Å². The van der Waals surface area contributed by atoms with E-state index in [1.807, 2.05) is 0 Å². The van der Waals surface area contributed by atoms with Gasteiger partial charge in [0.25, 0.3) is 0 Å². The number of aliphatic hydroxyl groups is 3. The summed E-state index contributed by atoms with van der Waals surface area (Å²) in [6.07, 6.45) is 93.1. The predicted molar refractivity (Wildman–Crippen MR) is 439 cm³/mol. The third-order valence-corrected chi connectivity index (χ3v) is 19.5. The first-order chi connectivity index (χ1) is 53.9. The molecule has 3 heterocycles. The van der Waals surface area contributed by atoms with E-state index in [1.54, 1.807) is 18.6 Å². The molecule has 0 fully saturated rings. The molecular weight excluding hydrogens is 1500 g/mol. The Kier molecular flexibility index (Phi) is 92.9. The van der Waals surface area contributed by atoms with E-state index in [2.05, 4.69) is 50.7 Å². The fraction of sp³-hybridized carbons (Fsp3) is 0.767. The number of hydrogen-bond acceptors (Lipinski definition) is 18. The molecular formula is C90H156MoN6O15. The Morgan fingerprint density at radius 1 is 0.268 bits per heavy atom. The number of aromatic nitrogens is 6. The molecule has 22 heteroatoms. The summed E-state index contributed by atoms with van der Waals surface area (Å²) in [5.41, 5.74) is 1.72. The standard InChI is InChI=1S/3C24H48O3.3C6H6N2O2.Mo/c3*1-2-3-4-5-6-7-8-9-10-11-12-13-14-15-16-17-18-19-20-21-22-23(25)24(26)27;3*9-6(10)2-1-5-3-7-4-8-5;/h3*23,25H,2-22H2,1H3,(H,26,27);3*1-4H,(H,7,8)(H,9,10);/q;;;;;;+6/p-6. The van der Waals surface area contributed by atoms with Gasteiger partial charge in [0.05, 0.1) is 90.2 Å². The molecule has 3 unspecified atom stereocenters. The maximum Gasteiger partial charge on any atom is 6.00 e. The van der Waals surface area contributed by atoms with Crippen LogP contribution in [-0.4, -0.2) is 99.4 Å². The van der Waals surface area contributed by atoms with Crippen LogP contribution in [0.15, 0.2) is 55.8 Å². The van der Waals surface area contributed by atoms with Crippen LogP contribution in [0.5, 0.6) is 0 Å². The van der Waals surface area contributed by atoms with Gasteiger partial charge >= 0.3 is 21.1 Å². The first kappa shape index (κ1) is 113. The first-order valence-electron chi connectivity index (χ1n) is 44.2. The Bertz CT molecular complexity index is 2260. The number of nitrogens with one attached hydrogen (secondary N) is 3. The molecule has 0 amide bonds. The van der Waals surface area contributed by atoms with Crippen molar-refractivity contribution in [3.05, 3.63) is 72.9 Å². The van der Waals surface area contributed by atoms with E-state index in [-0.39, 0.29) is 21.1 Å². The quantitative estimate of drug-likeness (QED) is 0.0174. The number of aliphatic carboxylic acids is 6. The average molecular weight is 1660 g/mol. The molecule has 112 heavy (non-hydrogen) atoms. The zero-order valence-corrected chi connectivity index (χ0v) is 72.2. The Hall–Kier alpha value is -5.76. The van der Waals surface area contributed by atoms with Crippen molar-refractivity contribution in [2.45, 2.75) is 444 Å². The van der Waals surface area contributed by atoms with Gasteiger partial charge in [0.1, 0.15) is 0 Å². The molecule has 0 radical (unpaired) electrons. The minimum atomic E-state index is -1.34. The van der Waals surface area contributed by atoms with Crippen molar-refractivity contribution in [2.24, 2.45) is 0 Å². The number of carboxylic acid groups (broad SMARTS) is 6. The van der Waals surface area contributed by atoms with Crippen molar-refractivity contribution in [1.82, 2.24) is 29.9 Å². The molecule has 3 rings (SSSR count). The topological polar surface area (TPSA) is 388 Å². The summed E-state index contributed by atoms with van der Waals surface area (Å²) in [6.45, 7) is 6.84. The third kappa shape index (κ3) is 94.8. The SMILES string of the molecule is CCCCCCCCCCCCCCCCCCCCCCC(O)C(=O)[O-].CCCCCCCCCCCCCCCCCCCCCCC(O)C(=O)[O-].CCCCCCCCCCCCCCCCCCCCCCC(O)C(=O)[O-].O=C([O-])C=Cc1c[nH]cn1.O=C([O-])C=Cc1c[nH]cn1.O=C([O-])C=Cc1c[nH]cn1.[Mo+6]. The molecule has 0 spiro atoms. The molecule has 21 nitrogen and oxygen atoms in total. The van der Waals surface area contributed by atoms with Crippen molar-refractivity contribution in [3.8, 4) is 0 Å². The number of imidazole rings is 3. The summed E-state index contributed by atoms with van der Waals surface area (Å²) in [7, 11) is 0. The summed E-state index contributed by atoms with van der Waals surface area (Å²) in [4.78, 5) is 80.0. The molecule has 0 bridgehead atoms. The second kappa shape index (κ2) is 92.4. The fourth-order valence-corrected chi connectivity index (χ4v) is 12.7. The molecule has 0 aliphatic rings. The minimum Gasteiger partial charge on any atom is -0.547 e. The van der Waals surface area contributed by atoms with Crippen molar-refractivity contribution in [1.29, 1.82) is 0 Å². The molecule has 0 saturated carbocycles. The van der Waals surface area contributed by atoms with Crippen LogP contribution in [0.25, 0.3) is 18.2 Å². The van der Waals surface area contributed by atoms with Crippen LogP contribution in [-0.2, 0) is 49.8 Å². The Morgan fingerprint density at radius 2 is 0.402 bits per heavy atom. The molecule has 3 aromatic heterocycles.